The van der Waals surface area contributed by atoms with Crippen LogP contribution in [0.3, 0.4) is 0 Å². The van der Waals surface area contributed by atoms with Crippen LogP contribution < -0.4 is 4.90 Å². The van der Waals surface area contributed by atoms with E-state index in [1.54, 1.807) is 29.2 Å². The highest BCUT2D eigenvalue weighted by molar-refractivity contribution is 7.99. The molecule has 4 atom stereocenters. The third kappa shape index (κ3) is 18.2. The molecular weight excluding hydrogens is 894 g/mol. The van der Waals surface area contributed by atoms with Gasteiger partial charge in [0.2, 0.25) is 0 Å². The molecule has 4 saturated heterocycles. The van der Waals surface area contributed by atoms with E-state index in [1.165, 1.54) is 66.5 Å². The number of carbonyl (C=O) groups excluding carboxylic acids is 1. The lowest BCUT2D eigenvalue weighted by atomic mass is 9.97. The first-order valence-corrected chi connectivity index (χ1v) is 26.1. The van der Waals surface area contributed by atoms with Crippen LogP contribution in [0.15, 0.2) is 87.5 Å². The second-order valence-corrected chi connectivity index (χ2v) is 22.5. The number of rotatable bonds is 8. The zero-order valence-corrected chi connectivity index (χ0v) is 43.2. The fourth-order valence-corrected chi connectivity index (χ4v) is 11.2. The minimum Gasteiger partial charge on any atom is -0.444 e. The highest BCUT2D eigenvalue weighted by Crippen LogP contribution is 2.48. The number of aryl methyl sites for hydroxylation is 1. The number of hydrogen-bond acceptors (Lipinski definition) is 12. The third-order valence-electron chi connectivity index (χ3n) is 12.6. The smallest absolute Gasteiger partial charge is 0.410 e. The number of carbonyl (C=O) groups is 1. The Labute approximate surface area is 407 Å². The van der Waals surface area contributed by atoms with Crippen LogP contribution in [0.25, 0.3) is 0 Å². The molecule has 5 aliphatic heterocycles. The van der Waals surface area contributed by atoms with Gasteiger partial charge in [-0.15, -0.1) is 12.4 Å². The summed E-state index contributed by atoms with van der Waals surface area (Å²) in [5, 5.41) is 17.8. The first-order valence-electron chi connectivity index (χ1n) is 23.9. The fourth-order valence-electron chi connectivity index (χ4n) is 9.15. The Morgan fingerprint density at radius 3 is 1.62 bits per heavy atom. The molecule has 5 heterocycles. The summed E-state index contributed by atoms with van der Waals surface area (Å²) < 4.78 is 34.5. The van der Waals surface area contributed by atoms with Gasteiger partial charge in [-0.1, -0.05) is 53.7 Å². The highest BCUT2D eigenvalue weighted by Gasteiger charge is 2.29. The summed E-state index contributed by atoms with van der Waals surface area (Å²) in [7, 11) is 2.81. The standard InChI is InChI=1S/C19H22N2S.C14H21NO3S.C11H21NO3.C7H15NO.ClH/c1-20-12-6-7-15(13-20)14-21-16-8-2-4-10-18(16)22-19-11-5-3-9-17(19)21;1-12-5-7-14(8-6-12)19(16,17)18-11-13-4-3-9-15(2)10-13;1-11(2,3)15-10(14)12-6-4-5-9(7-12)8-13;1-8-4-2-3-7(5-8)6-9;/h2-5,8-11,15H,6-7,12-14H2,1H3;5-8,13H,3-4,9-11H2,1-2H3;9,13H,4-8H2,1-3H3;7,9H,2-6H2,1H3;1H/t15-;13-;9-;7-;/m1111./s1. The van der Waals surface area contributed by atoms with E-state index in [9.17, 15) is 13.2 Å². The molecule has 2 N–H and O–H groups in total. The molecule has 370 valence electrons. The Hall–Kier alpha value is -2.92. The van der Waals surface area contributed by atoms with Crippen LogP contribution in [0.2, 0.25) is 0 Å². The van der Waals surface area contributed by atoms with Crippen LogP contribution >= 0.6 is 24.2 Å². The second-order valence-electron chi connectivity index (χ2n) is 19.8. The van der Waals surface area contributed by atoms with E-state index >= 15 is 0 Å². The summed E-state index contributed by atoms with van der Waals surface area (Å²) in [4.78, 5) is 25.9. The topological polar surface area (TPSA) is 126 Å². The van der Waals surface area contributed by atoms with Gasteiger partial charge in [-0.2, -0.15) is 8.42 Å². The molecule has 3 aromatic rings. The number of nitrogens with zero attached hydrogens (tertiary/aromatic N) is 5. The van der Waals surface area contributed by atoms with Gasteiger partial charge in [0, 0.05) is 62.3 Å². The maximum Gasteiger partial charge on any atom is 0.410 e. The van der Waals surface area contributed by atoms with Gasteiger partial charge in [0.05, 0.1) is 22.9 Å². The molecule has 0 aromatic heterocycles. The largest absolute Gasteiger partial charge is 0.444 e. The van der Waals surface area contributed by atoms with Crippen molar-refractivity contribution >= 4 is 51.8 Å². The Morgan fingerprint density at radius 2 is 1.12 bits per heavy atom. The zero-order chi connectivity index (χ0) is 47.0. The fraction of sp³-hybridized carbons (Fsp3) is 0.627. The molecule has 12 nitrogen and oxygen atoms in total. The van der Waals surface area contributed by atoms with Crippen LogP contribution in [-0.2, 0) is 19.0 Å². The average Bonchev–Trinajstić information content (AvgIpc) is 3.28. The molecule has 0 aliphatic carbocycles. The van der Waals surface area contributed by atoms with Crippen LogP contribution in [-0.4, -0.2) is 150 Å². The van der Waals surface area contributed by atoms with E-state index in [0.29, 0.717) is 25.0 Å². The van der Waals surface area contributed by atoms with Crippen molar-refractivity contribution in [1.82, 2.24) is 19.6 Å². The average molecular weight is 975 g/mol. The van der Waals surface area contributed by atoms with E-state index < -0.39 is 15.7 Å². The first-order chi connectivity index (χ1) is 31.0. The molecule has 0 bridgehead atoms. The maximum atomic E-state index is 12.0. The summed E-state index contributed by atoms with van der Waals surface area (Å²) in [5.74, 6) is 1.82. The zero-order valence-electron chi connectivity index (χ0n) is 40.8. The predicted octanol–water partition coefficient (Wildman–Crippen LogP) is 9.04. The number of para-hydroxylation sites is 2. The van der Waals surface area contributed by atoms with Crippen molar-refractivity contribution in [2.45, 2.75) is 99.3 Å². The number of likely N-dealkylation sites (tertiary alicyclic amines) is 4. The number of aliphatic hydroxyl groups excluding tert-OH is 2. The number of benzene rings is 3. The van der Waals surface area contributed by atoms with E-state index in [0.717, 1.165) is 69.9 Å². The third-order valence-corrected chi connectivity index (χ3v) is 15.0. The summed E-state index contributed by atoms with van der Waals surface area (Å²) in [6.07, 6.45) is 8.96. The molecular formula is C51H80ClN5O7S2. The lowest BCUT2D eigenvalue weighted by Gasteiger charge is -2.38. The predicted molar refractivity (Wildman–Crippen MR) is 271 cm³/mol. The molecule has 5 aliphatic rings. The van der Waals surface area contributed by atoms with Crippen molar-refractivity contribution in [3.63, 3.8) is 0 Å². The van der Waals surface area contributed by atoms with Crippen LogP contribution in [0, 0.1) is 30.6 Å². The van der Waals surface area contributed by atoms with Crippen molar-refractivity contribution in [1.29, 1.82) is 0 Å². The number of halogens is 1. The number of fused-ring (bicyclic) bond motifs is 2. The van der Waals surface area contributed by atoms with Gasteiger partial charge < -0.3 is 39.4 Å². The molecule has 1 amide bonds. The molecule has 66 heavy (non-hydrogen) atoms. The minimum atomic E-state index is -3.61. The number of hydrogen-bond donors (Lipinski definition) is 2. The van der Waals surface area contributed by atoms with Crippen LogP contribution in [0.5, 0.6) is 0 Å². The lowest BCUT2D eigenvalue weighted by molar-refractivity contribution is 0.0131. The molecule has 0 unspecified atom stereocenters. The van der Waals surface area contributed by atoms with Gasteiger partial charge in [-0.25, -0.2) is 4.79 Å². The van der Waals surface area contributed by atoms with E-state index in [1.807, 2.05) is 39.5 Å². The van der Waals surface area contributed by atoms with Crippen molar-refractivity contribution in [2.24, 2.45) is 23.7 Å². The van der Waals surface area contributed by atoms with Gasteiger partial charge in [0.15, 0.2) is 0 Å². The Kier molecular flexibility index (Phi) is 23.0. The Bertz CT molecular complexity index is 1960. The molecule has 15 heteroatoms. The monoisotopic (exact) mass is 974 g/mol. The number of anilines is 2. The number of aliphatic hydroxyl groups is 2. The second kappa shape index (κ2) is 27.3. The molecule has 8 rings (SSSR count). The molecule has 0 saturated carbocycles. The van der Waals surface area contributed by atoms with Crippen molar-refractivity contribution in [3.8, 4) is 0 Å². The van der Waals surface area contributed by atoms with Crippen molar-refractivity contribution < 1.29 is 32.3 Å². The van der Waals surface area contributed by atoms with Gasteiger partial charge in [0.25, 0.3) is 10.1 Å². The number of piperidine rings is 4. The maximum absolute atomic E-state index is 12.0. The molecule has 4 fully saturated rings. The number of amides is 1. The van der Waals surface area contributed by atoms with Gasteiger partial charge >= 0.3 is 6.09 Å². The van der Waals surface area contributed by atoms with E-state index in [-0.39, 0.29) is 42.5 Å². The molecule has 0 spiro atoms. The van der Waals surface area contributed by atoms with Gasteiger partial charge in [0.1, 0.15) is 5.60 Å². The Balaban J connectivity index is 0.000000200. The van der Waals surface area contributed by atoms with E-state index in [4.69, 9.17) is 19.1 Å². The van der Waals surface area contributed by atoms with Gasteiger partial charge in [-0.3, -0.25) is 4.18 Å². The van der Waals surface area contributed by atoms with Crippen LogP contribution in [0.4, 0.5) is 16.2 Å². The molecule has 0 radical (unpaired) electrons. The molecule has 3 aromatic carbocycles. The summed E-state index contributed by atoms with van der Waals surface area (Å²) in [6.45, 7) is 17.5. The first kappa shape index (κ1) is 55.7. The normalized spacial score (nSPS) is 22.6. The number of ether oxygens (including phenoxy) is 1. The lowest BCUT2D eigenvalue weighted by Crippen LogP contribution is -2.43. The quantitative estimate of drug-likeness (QED) is 0.209. The summed E-state index contributed by atoms with van der Waals surface area (Å²) in [5.41, 5.74) is 3.34. The summed E-state index contributed by atoms with van der Waals surface area (Å²) in [6, 6.07) is 24.4. The van der Waals surface area contributed by atoms with E-state index in [2.05, 4.69) is 89.3 Å². The van der Waals surface area contributed by atoms with Crippen molar-refractivity contribution in [3.05, 3.63) is 78.4 Å². The van der Waals surface area contributed by atoms with Crippen LogP contribution in [0.1, 0.15) is 77.7 Å². The highest BCUT2D eigenvalue weighted by atomic mass is 35.5. The van der Waals surface area contributed by atoms with Crippen molar-refractivity contribution in [2.75, 3.05) is 105 Å². The SMILES string of the molecule is CC(C)(C)OC(=O)N1CCC[C@@H](CO)C1.CN1CCC[C@@H](CN2c3ccccc3Sc3ccccc32)C1.CN1CCC[C@@H](CO)C1.Cc1ccc(S(=O)(=O)OC[C@@H]2CCCN(C)C2)cc1.Cl. The summed E-state index contributed by atoms with van der Waals surface area (Å²) >= 11 is 1.90. The Morgan fingerprint density at radius 1 is 0.667 bits per heavy atom. The van der Waals surface area contributed by atoms with Gasteiger partial charge in [-0.05, 0) is 180 Å². The minimum absolute atomic E-state index is 0.